The lowest BCUT2D eigenvalue weighted by Crippen LogP contribution is -1.99. The zero-order chi connectivity index (χ0) is 15.0. The lowest BCUT2D eigenvalue weighted by molar-refractivity contribution is -0.137. The zero-order valence-electron chi connectivity index (χ0n) is 11.0. The van der Waals surface area contributed by atoms with Crippen molar-refractivity contribution in [2.75, 3.05) is 0 Å². The molecule has 0 atom stereocenters. The van der Waals surface area contributed by atoms with Crippen LogP contribution in [0.3, 0.4) is 0 Å². The Hall–Kier alpha value is -2.64. The van der Waals surface area contributed by atoms with Gasteiger partial charge in [-0.25, -0.2) is 9.97 Å². The molecule has 0 aliphatic rings. The molecule has 0 spiro atoms. The van der Waals surface area contributed by atoms with Gasteiger partial charge in [0, 0.05) is 25.1 Å². The van der Waals surface area contributed by atoms with Crippen LogP contribution in [-0.2, 0) is 29.5 Å². The maximum Gasteiger partial charge on any atom is 0.309 e. The summed E-state index contributed by atoms with van der Waals surface area (Å²) in [5.74, 6) is -1.63. The number of aryl methyl sites for hydroxylation is 2. The van der Waals surface area contributed by atoms with Gasteiger partial charge in [0.15, 0.2) is 0 Å². The molecule has 8 nitrogen and oxygen atoms in total. The average Bonchev–Trinajstić information content (AvgIpc) is 2.98. The number of carboxylic acid groups (broad SMARTS) is 2. The molecule has 2 heterocycles. The molecular weight excluding hydrogens is 264 g/mol. The number of carbonyl (C=O) groups is 2. The molecule has 2 rings (SSSR count). The summed E-state index contributed by atoms with van der Waals surface area (Å²) in [5, 5.41) is 16.6. The normalized spacial score (nSPS) is 9.65. The van der Waals surface area contributed by atoms with E-state index in [1.165, 1.54) is 6.33 Å². The number of aromatic nitrogens is 4. The van der Waals surface area contributed by atoms with E-state index in [4.69, 9.17) is 10.2 Å². The van der Waals surface area contributed by atoms with Gasteiger partial charge in [0.2, 0.25) is 0 Å². The second-order valence-corrected chi connectivity index (χ2v) is 4.07. The molecule has 20 heavy (non-hydrogen) atoms. The molecule has 0 saturated carbocycles. The molecule has 0 fully saturated rings. The summed E-state index contributed by atoms with van der Waals surface area (Å²) in [6.07, 6.45) is 7.12. The Balaban J connectivity index is 0.000000200. The largest absolute Gasteiger partial charge is 0.481 e. The molecule has 0 saturated heterocycles. The maximum atomic E-state index is 10.1. The molecule has 8 heteroatoms. The lowest BCUT2D eigenvalue weighted by Gasteiger charge is -1.89. The predicted octanol–water partition coefficient (Wildman–Crippen LogP) is 0.474. The van der Waals surface area contributed by atoms with E-state index < -0.39 is 11.9 Å². The quantitative estimate of drug-likeness (QED) is 0.732. The predicted molar refractivity (Wildman–Crippen MR) is 69.1 cm³/mol. The number of nitrogens with one attached hydrogen (secondary N) is 1. The third-order valence-corrected chi connectivity index (χ3v) is 2.25. The summed E-state index contributed by atoms with van der Waals surface area (Å²) >= 11 is 0. The monoisotopic (exact) mass is 280 g/mol. The van der Waals surface area contributed by atoms with Crippen molar-refractivity contribution >= 4 is 11.9 Å². The van der Waals surface area contributed by atoms with Crippen molar-refractivity contribution < 1.29 is 19.8 Å². The van der Waals surface area contributed by atoms with E-state index in [-0.39, 0.29) is 12.8 Å². The SMILES string of the molecule is Cn1cnc(CC(=O)O)c1.O=C(O)CCc1cnc[nH]1. The third-order valence-electron chi connectivity index (χ3n) is 2.25. The highest BCUT2D eigenvalue weighted by Gasteiger charge is 2.01. The van der Waals surface area contributed by atoms with Crippen molar-refractivity contribution in [2.45, 2.75) is 19.3 Å². The minimum Gasteiger partial charge on any atom is -0.481 e. The number of nitrogens with zero attached hydrogens (tertiary/aromatic N) is 3. The number of hydrogen-bond donors (Lipinski definition) is 3. The smallest absolute Gasteiger partial charge is 0.309 e. The fraction of sp³-hybridized carbons (Fsp3) is 0.333. The molecule has 3 N–H and O–H groups in total. The molecular formula is C12H16N4O4. The zero-order valence-corrected chi connectivity index (χ0v) is 11.0. The van der Waals surface area contributed by atoms with E-state index in [1.54, 1.807) is 30.3 Å². The van der Waals surface area contributed by atoms with Crippen LogP contribution in [0, 0.1) is 0 Å². The minimum atomic E-state index is -0.848. The Labute approximate surface area is 115 Å². The average molecular weight is 280 g/mol. The third kappa shape index (κ3) is 6.34. The number of rotatable bonds is 5. The lowest BCUT2D eigenvalue weighted by atomic mass is 10.2. The molecule has 0 aromatic carbocycles. The van der Waals surface area contributed by atoms with E-state index in [0.717, 1.165) is 5.69 Å². The summed E-state index contributed by atoms with van der Waals surface area (Å²) in [4.78, 5) is 30.6. The highest BCUT2D eigenvalue weighted by Crippen LogP contribution is 1.95. The molecule has 0 aliphatic carbocycles. The maximum absolute atomic E-state index is 10.1. The first-order valence-electron chi connectivity index (χ1n) is 5.85. The van der Waals surface area contributed by atoms with E-state index >= 15 is 0 Å². The number of carboxylic acids is 2. The van der Waals surface area contributed by atoms with Gasteiger partial charge in [0.25, 0.3) is 0 Å². The molecule has 108 valence electrons. The van der Waals surface area contributed by atoms with Crippen LogP contribution in [0.1, 0.15) is 17.8 Å². The van der Waals surface area contributed by atoms with Gasteiger partial charge < -0.3 is 19.8 Å². The summed E-state index contributed by atoms with van der Waals surface area (Å²) in [6, 6.07) is 0. The number of aliphatic carboxylic acids is 2. The van der Waals surface area contributed by atoms with Crippen molar-refractivity contribution in [3.63, 3.8) is 0 Å². The van der Waals surface area contributed by atoms with E-state index in [0.29, 0.717) is 12.1 Å². The summed E-state index contributed by atoms with van der Waals surface area (Å²) in [6.45, 7) is 0. The first kappa shape index (κ1) is 15.4. The highest BCUT2D eigenvalue weighted by atomic mass is 16.4. The van der Waals surface area contributed by atoms with Gasteiger partial charge in [-0.15, -0.1) is 0 Å². The fourth-order valence-electron chi connectivity index (χ4n) is 1.38. The second-order valence-electron chi connectivity index (χ2n) is 4.07. The number of H-pyrrole nitrogens is 1. The van der Waals surface area contributed by atoms with Crippen molar-refractivity contribution in [3.8, 4) is 0 Å². The van der Waals surface area contributed by atoms with Crippen LogP contribution in [-0.4, -0.2) is 41.7 Å². The Bertz CT molecular complexity index is 548. The Kier molecular flexibility index (Phi) is 5.95. The van der Waals surface area contributed by atoms with Crippen molar-refractivity contribution in [2.24, 2.45) is 7.05 Å². The molecule has 0 unspecified atom stereocenters. The number of hydrogen-bond acceptors (Lipinski definition) is 4. The van der Waals surface area contributed by atoms with Gasteiger partial charge >= 0.3 is 11.9 Å². The standard InChI is InChI=1S/2C6H8N2O2/c1-8-3-5(7-4-8)2-6(9)10;9-6(10)2-1-5-3-7-4-8-5/h3-4H,2H2,1H3,(H,9,10);3-4H,1-2H2,(H,7,8)(H,9,10). The van der Waals surface area contributed by atoms with E-state index in [9.17, 15) is 9.59 Å². The van der Waals surface area contributed by atoms with Crippen LogP contribution in [0.15, 0.2) is 25.0 Å². The molecule has 0 bridgehead atoms. The molecule has 2 aromatic heterocycles. The van der Waals surface area contributed by atoms with Crippen molar-refractivity contribution in [1.82, 2.24) is 19.5 Å². The van der Waals surface area contributed by atoms with E-state index in [2.05, 4.69) is 15.0 Å². The Morgan fingerprint density at radius 2 is 2.10 bits per heavy atom. The van der Waals surface area contributed by atoms with Crippen LogP contribution in [0.2, 0.25) is 0 Å². The van der Waals surface area contributed by atoms with Gasteiger partial charge in [-0.05, 0) is 6.42 Å². The molecule has 0 radical (unpaired) electrons. The summed E-state index contributed by atoms with van der Waals surface area (Å²) in [7, 11) is 1.80. The first-order chi connectivity index (χ1) is 9.47. The fourth-order valence-corrected chi connectivity index (χ4v) is 1.38. The highest BCUT2D eigenvalue weighted by molar-refractivity contribution is 5.69. The van der Waals surface area contributed by atoms with Crippen molar-refractivity contribution in [3.05, 3.63) is 36.4 Å². The number of aromatic amines is 1. The second kappa shape index (κ2) is 7.72. The van der Waals surface area contributed by atoms with Gasteiger partial charge in [0.05, 0.1) is 31.2 Å². The first-order valence-corrected chi connectivity index (χ1v) is 5.85. The van der Waals surface area contributed by atoms with Gasteiger partial charge in [-0.2, -0.15) is 0 Å². The van der Waals surface area contributed by atoms with Gasteiger partial charge in [-0.1, -0.05) is 0 Å². The topological polar surface area (TPSA) is 121 Å². The molecule has 2 aromatic rings. The van der Waals surface area contributed by atoms with Gasteiger partial charge in [0.1, 0.15) is 0 Å². The van der Waals surface area contributed by atoms with Crippen LogP contribution >= 0.6 is 0 Å². The van der Waals surface area contributed by atoms with Crippen LogP contribution < -0.4 is 0 Å². The minimum absolute atomic E-state index is 0.000833. The van der Waals surface area contributed by atoms with Gasteiger partial charge in [-0.3, -0.25) is 9.59 Å². The Morgan fingerprint density at radius 1 is 1.35 bits per heavy atom. The summed E-state index contributed by atoms with van der Waals surface area (Å²) < 4.78 is 1.72. The van der Waals surface area contributed by atoms with Crippen LogP contribution in [0.25, 0.3) is 0 Å². The molecule has 0 amide bonds. The van der Waals surface area contributed by atoms with E-state index in [1.807, 2.05) is 0 Å². The van der Waals surface area contributed by atoms with Crippen molar-refractivity contribution in [1.29, 1.82) is 0 Å². The van der Waals surface area contributed by atoms with Crippen LogP contribution in [0.5, 0.6) is 0 Å². The Morgan fingerprint density at radius 3 is 2.55 bits per heavy atom. The molecule has 0 aliphatic heterocycles. The summed E-state index contributed by atoms with van der Waals surface area (Å²) in [5.41, 5.74) is 1.46. The van der Waals surface area contributed by atoms with Crippen LogP contribution in [0.4, 0.5) is 0 Å². The number of imidazole rings is 2.